The van der Waals surface area contributed by atoms with E-state index in [2.05, 4.69) is 0 Å². The fraction of sp³-hybridized carbons (Fsp3) is 0.0952. The highest BCUT2D eigenvalue weighted by Gasteiger charge is 2.53. The molecule has 0 saturated heterocycles. The number of hydrogen-bond donors (Lipinski definition) is 3. The Hall–Kier alpha value is -3.03. The zero-order valence-electron chi connectivity index (χ0n) is 14.5. The second-order valence-corrected chi connectivity index (χ2v) is 6.62. The van der Waals surface area contributed by atoms with Gasteiger partial charge in [-0.2, -0.15) is 0 Å². The average molecular weight is 442 g/mol. The summed E-state index contributed by atoms with van der Waals surface area (Å²) in [5, 5.41) is 19.8. The molecular formula is C21H16BrNO5. The summed E-state index contributed by atoms with van der Waals surface area (Å²) < 4.78 is 11.9. The molecule has 2 aliphatic heterocycles. The summed E-state index contributed by atoms with van der Waals surface area (Å²) in [6.45, 7) is 0.318. The number of rotatable bonds is 1. The number of carbonyl (C=O) groups excluding carboxylic acids is 1. The topological polar surface area (TPSA) is 102 Å². The minimum absolute atomic E-state index is 0. The molecular weight excluding hydrogens is 426 g/mol. The van der Waals surface area contributed by atoms with E-state index in [0.717, 1.165) is 5.56 Å². The third-order valence-corrected chi connectivity index (χ3v) is 5.07. The molecule has 3 aromatic carbocycles. The molecule has 3 aromatic rings. The number of aromatic hydroxyl groups is 2. The van der Waals surface area contributed by atoms with Crippen LogP contribution < -0.4 is 10.5 Å². The fourth-order valence-corrected chi connectivity index (χ4v) is 3.87. The molecule has 2 heterocycles. The average Bonchev–Trinajstić information content (AvgIpc) is 2.94. The lowest BCUT2D eigenvalue weighted by molar-refractivity contribution is 0.0224. The third-order valence-electron chi connectivity index (χ3n) is 5.07. The largest absolute Gasteiger partial charge is 0.508 e. The number of fused-ring (bicyclic) bond motifs is 6. The van der Waals surface area contributed by atoms with Gasteiger partial charge in [-0.1, -0.05) is 6.07 Å². The van der Waals surface area contributed by atoms with Gasteiger partial charge in [0, 0.05) is 35.4 Å². The molecule has 0 radical (unpaired) electrons. The molecule has 7 heteroatoms. The van der Waals surface area contributed by atoms with Crippen LogP contribution in [0.4, 0.5) is 0 Å². The smallest absolute Gasteiger partial charge is 0.340 e. The van der Waals surface area contributed by atoms with E-state index in [0.29, 0.717) is 40.3 Å². The van der Waals surface area contributed by atoms with Crippen molar-refractivity contribution in [3.63, 3.8) is 0 Å². The Balaban J connectivity index is 0.00000192. The Morgan fingerprint density at radius 1 is 0.857 bits per heavy atom. The van der Waals surface area contributed by atoms with E-state index in [1.165, 1.54) is 24.3 Å². The highest BCUT2D eigenvalue weighted by Crippen LogP contribution is 2.57. The van der Waals surface area contributed by atoms with Crippen molar-refractivity contribution in [3.8, 4) is 23.0 Å². The molecule has 0 atom stereocenters. The number of phenols is 2. The van der Waals surface area contributed by atoms with E-state index in [-0.39, 0.29) is 28.5 Å². The third kappa shape index (κ3) is 2.33. The number of ether oxygens (including phenoxy) is 2. The van der Waals surface area contributed by atoms with Crippen molar-refractivity contribution < 1.29 is 24.5 Å². The van der Waals surface area contributed by atoms with Crippen LogP contribution in [0.2, 0.25) is 0 Å². The van der Waals surface area contributed by atoms with Crippen LogP contribution in [0.1, 0.15) is 32.6 Å². The minimum atomic E-state index is -1.23. The van der Waals surface area contributed by atoms with Gasteiger partial charge in [0.25, 0.3) is 0 Å². The lowest BCUT2D eigenvalue weighted by Crippen LogP contribution is -2.33. The lowest BCUT2D eigenvalue weighted by atomic mass is 9.77. The van der Waals surface area contributed by atoms with Gasteiger partial charge in [-0.15, -0.1) is 17.0 Å². The van der Waals surface area contributed by atoms with Crippen molar-refractivity contribution in [2.24, 2.45) is 5.73 Å². The predicted octanol–water partition coefficient (Wildman–Crippen LogP) is 3.70. The van der Waals surface area contributed by atoms with E-state index in [1.807, 2.05) is 6.07 Å². The van der Waals surface area contributed by atoms with E-state index in [4.69, 9.17) is 15.2 Å². The van der Waals surface area contributed by atoms with Crippen LogP contribution in [-0.4, -0.2) is 16.2 Å². The molecule has 5 rings (SSSR count). The van der Waals surface area contributed by atoms with Crippen LogP contribution in [-0.2, 0) is 16.9 Å². The normalized spacial score (nSPS) is 15.0. The van der Waals surface area contributed by atoms with Crippen molar-refractivity contribution in [1.29, 1.82) is 0 Å². The molecule has 28 heavy (non-hydrogen) atoms. The van der Waals surface area contributed by atoms with Gasteiger partial charge in [0.15, 0.2) is 5.60 Å². The summed E-state index contributed by atoms with van der Waals surface area (Å²) in [7, 11) is 0. The van der Waals surface area contributed by atoms with Crippen molar-refractivity contribution in [2.45, 2.75) is 12.1 Å². The van der Waals surface area contributed by atoms with Gasteiger partial charge in [0.1, 0.15) is 23.0 Å². The summed E-state index contributed by atoms with van der Waals surface area (Å²) in [4.78, 5) is 12.7. The van der Waals surface area contributed by atoms with Crippen molar-refractivity contribution in [3.05, 3.63) is 82.4 Å². The number of carbonyl (C=O) groups is 1. The molecule has 0 bridgehead atoms. The van der Waals surface area contributed by atoms with Gasteiger partial charge in [-0.25, -0.2) is 4.79 Å². The van der Waals surface area contributed by atoms with Crippen molar-refractivity contribution >= 4 is 23.0 Å². The summed E-state index contributed by atoms with van der Waals surface area (Å²) in [5.74, 6) is 0.299. The standard InChI is InChI=1S/C21H15NO5.BrH/c22-10-11-1-4-14-17(7-11)21(27-20(14)25)15-5-2-12(23)8-18(15)26-19-9-13(24)3-6-16(19)21;/h1-9,23-24H,10,22H2;1H. The summed E-state index contributed by atoms with van der Waals surface area (Å²) >= 11 is 0. The number of phenolic OH excluding ortho intramolecular Hbond substituents is 2. The van der Waals surface area contributed by atoms with Gasteiger partial charge in [0.05, 0.1) is 5.56 Å². The lowest BCUT2D eigenvalue weighted by Gasteiger charge is -2.36. The fourth-order valence-electron chi connectivity index (χ4n) is 3.87. The molecule has 0 aromatic heterocycles. The summed E-state index contributed by atoms with van der Waals surface area (Å²) in [6.07, 6.45) is 0. The highest BCUT2D eigenvalue weighted by molar-refractivity contribution is 8.93. The summed E-state index contributed by atoms with van der Waals surface area (Å²) in [6, 6.07) is 14.7. The minimum Gasteiger partial charge on any atom is -0.508 e. The molecule has 0 aliphatic carbocycles. The van der Waals surface area contributed by atoms with Gasteiger partial charge >= 0.3 is 5.97 Å². The maximum Gasteiger partial charge on any atom is 0.340 e. The predicted molar refractivity (Wildman–Crippen MR) is 106 cm³/mol. The first kappa shape index (κ1) is 18.3. The maximum atomic E-state index is 12.7. The number of halogens is 1. The van der Waals surface area contributed by atoms with Gasteiger partial charge in [-0.3, -0.25) is 0 Å². The second kappa shape index (κ2) is 6.25. The SMILES string of the molecule is Br.NCc1ccc2c(c1)C1(OC2=O)c2ccc(O)cc2Oc2cc(O)ccc21. The van der Waals surface area contributed by atoms with Crippen LogP contribution >= 0.6 is 17.0 Å². The maximum absolute atomic E-state index is 12.7. The van der Waals surface area contributed by atoms with E-state index >= 15 is 0 Å². The monoisotopic (exact) mass is 441 g/mol. The molecule has 2 aliphatic rings. The molecule has 0 unspecified atom stereocenters. The molecule has 142 valence electrons. The zero-order chi connectivity index (χ0) is 18.8. The quantitative estimate of drug-likeness (QED) is 0.497. The first-order chi connectivity index (χ1) is 13.0. The highest BCUT2D eigenvalue weighted by atomic mass is 79.9. The molecule has 0 fully saturated rings. The Kier molecular flexibility index (Phi) is 4.10. The van der Waals surface area contributed by atoms with Crippen LogP contribution in [0.5, 0.6) is 23.0 Å². The van der Waals surface area contributed by atoms with Crippen LogP contribution in [0.15, 0.2) is 54.6 Å². The van der Waals surface area contributed by atoms with Crippen molar-refractivity contribution in [2.75, 3.05) is 0 Å². The number of nitrogens with two attached hydrogens (primary N) is 1. The zero-order valence-corrected chi connectivity index (χ0v) is 16.2. The molecule has 4 N–H and O–H groups in total. The Morgan fingerprint density at radius 3 is 2.04 bits per heavy atom. The second-order valence-electron chi connectivity index (χ2n) is 6.62. The first-order valence-electron chi connectivity index (χ1n) is 8.44. The number of benzene rings is 3. The van der Waals surface area contributed by atoms with E-state index in [1.54, 1.807) is 24.3 Å². The molecule has 6 nitrogen and oxygen atoms in total. The van der Waals surface area contributed by atoms with Gasteiger partial charge in [-0.05, 0) is 42.0 Å². The molecule has 0 saturated carbocycles. The first-order valence-corrected chi connectivity index (χ1v) is 8.44. The number of hydrogen-bond acceptors (Lipinski definition) is 6. The molecule has 1 spiro atoms. The Labute approximate surface area is 170 Å². The van der Waals surface area contributed by atoms with Gasteiger partial charge < -0.3 is 25.4 Å². The van der Waals surface area contributed by atoms with E-state index in [9.17, 15) is 15.0 Å². The van der Waals surface area contributed by atoms with Crippen LogP contribution in [0.3, 0.4) is 0 Å². The Morgan fingerprint density at radius 2 is 1.46 bits per heavy atom. The van der Waals surface area contributed by atoms with E-state index < -0.39 is 11.6 Å². The van der Waals surface area contributed by atoms with Gasteiger partial charge in [0.2, 0.25) is 0 Å². The van der Waals surface area contributed by atoms with Crippen LogP contribution in [0.25, 0.3) is 0 Å². The summed E-state index contributed by atoms with van der Waals surface area (Å²) in [5.41, 5.74) is 7.74. The van der Waals surface area contributed by atoms with Crippen molar-refractivity contribution in [1.82, 2.24) is 0 Å². The Bertz CT molecular complexity index is 1080. The molecule has 0 amide bonds. The number of esters is 1. The van der Waals surface area contributed by atoms with Crippen LogP contribution in [0, 0.1) is 0 Å².